The van der Waals surface area contributed by atoms with E-state index in [9.17, 15) is 9.18 Å². The molecule has 1 fully saturated rings. The number of carbonyl (C=O) groups excluding carboxylic acids is 1. The van der Waals surface area contributed by atoms with Crippen molar-refractivity contribution in [2.75, 3.05) is 31.1 Å². The average Bonchev–Trinajstić information content (AvgIpc) is 2.30. The van der Waals surface area contributed by atoms with Gasteiger partial charge in [-0.1, -0.05) is 12.1 Å². The number of para-hydroxylation sites is 1. The van der Waals surface area contributed by atoms with Crippen molar-refractivity contribution < 1.29 is 9.18 Å². The quantitative estimate of drug-likeness (QED) is 0.773. The summed E-state index contributed by atoms with van der Waals surface area (Å²) in [5, 5.41) is 0. The molecule has 1 aliphatic heterocycles. The molecule has 1 aliphatic rings. The first-order valence-electron chi connectivity index (χ1n) is 5.22. The number of urea groups is 1. The lowest BCUT2D eigenvalue weighted by atomic mass is 10.2. The highest BCUT2D eigenvalue weighted by molar-refractivity contribution is 5.72. The highest BCUT2D eigenvalue weighted by atomic mass is 19.1. The van der Waals surface area contributed by atoms with Gasteiger partial charge in [0.05, 0.1) is 5.69 Å². The summed E-state index contributed by atoms with van der Waals surface area (Å²) in [6.07, 6.45) is 0. The van der Waals surface area contributed by atoms with Gasteiger partial charge in [0.15, 0.2) is 0 Å². The molecule has 0 spiro atoms. The van der Waals surface area contributed by atoms with Crippen LogP contribution >= 0.6 is 0 Å². The van der Waals surface area contributed by atoms with Crippen molar-refractivity contribution >= 4 is 11.7 Å². The number of hydrogen-bond acceptors (Lipinski definition) is 2. The van der Waals surface area contributed by atoms with E-state index in [1.54, 1.807) is 23.1 Å². The summed E-state index contributed by atoms with van der Waals surface area (Å²) in [5.41, 5.74) is 5.77. The van der Waals surface area contributed by atoms with Crippen LogP contribution in [0, 0.1) is 5.82 Å². The molecular formula is C11H14FN3O. The maximum atomic E-state index is 13.5. The first-order valence-corrected chi connectivity index (χ1v) is 5.22. The summed E-state index contributed by atoms with van der Waals surface area (Å²) in [4.78, 5) is 14.4. The van der Waals surface area contributed by atoms with Crippen molar-refractivity contribution in [1.82, 2.24) is 4.90 Å². The van der Waals surface area contributed by atoms with Crippen molar-refractivity contribution in [2.24, 2.45) is 5.73 Å². The summed E-state index contributed by atoms with van der Waals surface area (Å²) >= 11 is 0. The van der Waals surface area contributed by atoms with Gasteiger partial charge in [-0.05, 0) is 12.1 Å². The monoisotopic (exact) mass is 223 g/mol. The molecule has 1 aromatic carbocycles. The molecule has 0 aromatic heterocycles. The number of hydrogen-bond donors (Lipinski definition) is 1. The Bertz CT molecular complexity index is 389. The fraction of sp³-hybridized carbons (Fsp3) is 0.364. The Hall–Kier alpha value is -1.78. The van der Waals surface area contributed by atoms with Gasteiger partial charge in [0.2, 0.25) is 0 Å². The first kappa shape index (κ1) is 10.7. The SMILES string of the molecule is NC(=O)N1CCN(c2ccccc2F)CC1. The molecule has 5 heteroatoms. The third-order valence-corrected chi connectivity index (χ3v) is 2.78. The van der Waals surface area contributed by atoms with E-state index in [0.717, 1.165) is 0 Å². The maximum absolute atomic E-state index is 13.5. The Morgan fingerprint density at radius 1 is 1.19 bits per heavy atom. The van der Waals surface area contributed by atoms with Crippen molar-refractivity contribution in [2.45, 2.75) is 0 Å². The number of carbonyl (C=O) groups is 1. The van der Waals surface area contributed by atoms with E-state index < -0.39 is 6.03 Å². The van der Waals surface area contributed by atoms with Crippen LogP contribution in [0.3, 0.4) is 0 Å². The number of nitrogens with two attached hydrogens (primary N) is 1. The lowest BCUT2D eigenvalue weighted by Gasteiger charge is -2.35. The van der Waals surface area contributed by atoms with Crippen molar-refractivity contribution in [3.63, 3.8) is 0 Å². The third-order valence-electron chi connectivity index (χ3n) is 2.78. The molecule has 1 heterocycles. The van der Waals surface area contributed by atoms with Crippen LogP contribution in [0.4, 0.5) is 14.9 Å². The first-order chi connectivity index (χ1) is 7.68. The zero-order chi connectivity index (χ0) is 11.5. The molecule has 0 bridgehead atoms. The van der Waals surface area contributed by atoms with Crippen molar-refractivity contribution in [3.05, 3.63) is 30.1 Å². The fourth-order valence-electron chi connectivity index (χ4n) is 1.88. The molecule has 1 aromatic rings. The molecule has 4 nitrogen and oxygen atoms in total. The summed E-state index contributed by atoms with van der Waals surface area (Å²) in [5.74, 6) is -0.227. The van der Waals surface area contributed by atoms with Crippen molar-refractivity contribution in [1.29, 1.82) is 0 Å². The minimum Gasteiger partial charge on any atom is -0.366 e. The summed E-state index contributed by atoms with van der Waals surface area (Å²) in [6.45, 7) is 2.32. The molecule has 0 aliphatic carbocycles. The van der Waals surface area contributed by atoms with Gasteiger partial charge in [0.1, 0.15) is 5.82 Å². The van der Waals surface area contributed by atoms with Crippen LogP contribution in [0.25, 0.3) is 0 Å². The fourth-order valence-corrected chi connectivity index (χ4v) is 1.88. The Morgan fingerprint density at radius 3 is 2.38 bits per heavy atom. The van der Waals surface area contributed by atoms with Crippen LogP contribution in [0.1, 0.15) is 0 Å². The number of amides is 2. The van der Waals surface area contributed by atoms with Gasteiger partial charge in [-0.25, -0.2) is 9.18 Å². The van der Waals surface area contributed by atoms with E-state index >= 15 is 0 Å². The summed E-state index contributed by atoms with van der Waals surface area (Å²) in [7, 11) is 0. The molecule has 2 rings (SSSR count). The molecule has 0 saturated carbocycles. The molecule has 0 unspecified atom stereocenters. The van der Waals surface area contributed by atoms with Gasteiger partial charge >= 0.3 is 6.03 Å². The van der Waals surface area contributed by atoms with Crippen LogP contribution in [-0.4, -0.2) is 37.1 Å². The van der Waals surface area contributed by atoms with Crippen LogP contribution < -0.4 is 10.6 Å². The number of rotatable bonds is 1. The minimum atomic E-state index is -0.409. The van der Waals surface area contributed by atoms with E-state index in [2.05, 4.69) is 0 Å². The maximum Gasteiger partial charge on any atom is 0.314 e. The second kappa shape index (κ2) is 4.38. The Labute approximate surface area is 93.4 Å². The van der Waals surface area contributed by atoms with Crippen molar-refractivity contribution in [3.8, 4) is 0 Å². The molecule has 2 amide bonds. The standard InChI is InChI=1S/C11H14FN3O/c12-9-3-1-2-4-10(9)14-5-7-15(8-6-14)11(13)16/h1-4H,5-8H2,(H2,13,16). The van der Waals surface area contributed by atoms with Crippen LogP contribution in [0.5, 0.6) is 0 Å². The zero-order valence-electron chi connectivity index (χ0n) is 8.90. The van der Waals surface area contributed by atoms with E-state index in [-0.39, 0.29) is 5.82 Å². The van der Waals surface area contributed by atoms with E-state index in [1.165, 1.54) is 6.07 Å². The van der Waals surface area contributed by atoms with Gasteiger partial charge in [-0.2, -0.15) is 0 Å². The molecule has 1 saturated heterocycles. The molecular weight excluding hydrogens is 209 g/mol. The number of piperazine rings is 1. The Morgan fingerprint density at radius 2 is 1.81 bits per heavy atom. The van der Waals surface area contributed by atoms with Crippen LogP contribution in [0.2, 0.25) is 0 Å². The largest absolute Gasteiger partial charge is 0.366 e. The van der Waals surface area contributed by atoms with Gasteiger partial charge < -0.3 is 15.5 Å². The predicted molar refractivity (Wildman–Crippen MR) is 59.8 cm³/mol. The molecule has 16 heavy (non-hydrogen) atoms. The molecule has 0 atom stereocenters. The second-order valence-corrected chi connectivity index (χ2v) is 3.76. The Kier molecular flexibility index (Phi) is 2.94. The van der Waals surface area contributed by atoms with E-state index in [4.69, 9.17) is 5.73 Å². The predicted octanol–water partition coefficient (Wildman–Crippen LogP) is 1.03. The van der Waals surface area contributed by atoms with Gasteiger partial charge in [-0.15, -0.1) is 0 Å². The van der Waals surface area contributed by atoms with Gasteiger partial charge in [0.25, 0.3) is 0 Å². The van der Waals surface area contributed by atoms with Crippen LogP contribution in [0.15, 0.2) is 24.3 Å². The highest BCUT2D eigenvalue weighted by Crippen LogP contribution is 2.19. The van der Waals surface area contributed by atoms with Crippen LogP contribution in [-0.2, 0) is 0 Å². The lowest BCUT2D eigenvalue weighted by Crippen LogP contribution is -2.50. The summed E-state index contributed by atoms with van der Waals surface area (Å²) < 4.78 is 13.5. The minimum absolute atomic E-state index is 0.227. The van der Waals surface area contributed by atoms with Gasteiger partial charge in [0, 0.05) is 26.2 Å². The van der Waals surface area contributed by atoms with E-state index in [1.807, 2.05) is 4.90 Å². The zero-order valence-corrected chi connectivity index (χ0v) is 8.90. The number of primary amides is 1. The average molecular weight is 223 g/mol. The smallest absolute Gasteiger partial charge is 0.314 e. The lowest BCUT2D eigenvalue weighted by molar-refractivity contribution is 0.204. The number of benzene rings is 1. The molecule has 2 N–H and O–H groups in total. The highest BCUT2D eigenvalue weighted by Gasteiger charge is 2.20. The molecule has 86 valence electrons. The Balaban J connectivity index is 2.05. The number of anilines is 1. The third kappa shape index (κ3) is 2.08. The number of nitrogens with zero attached hydrogens (tertiary/aromatic N) is 2. The second-order valence-electron chi connectivity index (χ2n) is 3.76. The van der Waals surface area contributed by atoms with E-state index in [0.29, 0.717) is 31.9 Å². The topological polar surface area (TPSA) is 49.6 Å². The van der Waals surface area contributed by atoms with Gasteiger partial charge in [-0.3, -0.25) is 0 Å². The summed E-state index contributed by atoms with van der Waals surface area (Å²) in [6, 6.07) is 6.25. The number of halogens is 1. The normalized spacial score (nSPS) is 16.3. The molecule has 0 radical (unpaired) electrons.